The lowest BCUT2D eigenvalue weighted by atomic mass is 9.82. The molecule has 0 saturated heterocycles. The second kappa shape index (κ2) is 8.61. The van der Waals surface area contributed by atoms with Crippen molar-refractivity contribution >= 4 is 55.2 Å². The van der Waals surface area contributed by atoms with Gasteiger partial charge in [-0.2, -0.15) is 0 Å². The van der Waals surface area contributed by atoms with Crippen LogP contribution in [0.2, 0.25) is 5.02 Å². The average Bonchev–Trinajstić information content (AvgIpc) is 2.53. The Morgan fingerprint density at radius 2 is 1.67 bits per heavy atom. The lowest BCUT2D eigenvalue weighted by Gasteiger charge is -2.31. The topological polar surface area (TPSA) is 0 Å². The second-order valence-corrected chi connectivity index (χ2v) is 7.70. The largest absolute Gasteiger partial charge is 0.126 e. The number of benzene rings is 2. The van der Waals surface area contributed by atoms with Gasteiger partial charge in [-0.05, 0) is 42.0 Å². The van der Waals surface area contributed by atoms with Gasteiger partial charge in [-0.25, -0.2) is 0 Å². The molecule has 0 nitrogen and oxygen atoms in total. The van der Waals surface area contributed by atoms with Crippen LogP contribution in [-0.2, 0) is 5.41 Å². The quantitative estimate of drug-likeness (QED) is 0.342. The third-order valence-electron chi connectivity index (χ3n) is 3.54. The van der Waals surface area contributed by atoms with Crippen molar-refractivity contribution in [1.82, 2.24) is 0 Å². The van der Waals surface area contributed by atoms with E-state index in [4.69, 9.17) is 11.6 Å². The molecule has 2 aromatic rings. The first-order chi connectivity index (χ1) is 10.2. The van der Waals surface area contributed by atoms with Crippen LogP contribution in [0.5, 0.6) is 0 Å². The molecular formula is C17H17Br2ClS. The summed E-state index contributed by atoms with van der Waals surface area (Å²) < 4.78 is 0. The molecule has 0 spiro atoms. The summed E-state index contributed by atoms with van der Waals surface area (Å²) in [5.74, 6) is 1.08. The van der Waals surface area contributed by atoms with Gasteiger partial charge in [0.25, 0.3) is 0 Å². The minimum Gasteiger partial charge on any atom is -0.126 e. The van der Waals surface area contributed by atoms with Crippen LogP contribution >= 0.6 is 55.2 Å². The maximum Gasteiger partial charge on any atom is 0.0408 e. The molecule has 4 heteroatoms. The molecule has 0 aliphatic heterocycles. The van der Waals surface area contributed by atoms with Crippen molar-refractivity contribution < 1.29 is 0 Å². The molecule has 0 aliphatic carbocycles. The smallest absolute Gasteiger partial charge is 0.0408 e. The SMILES string of the molecule is Clc1cccc(C(CBr)(CBr)CCSc2ccccc2)c1. The number of hydrogen-bond donors (Lipinski definition) is 0. The molecule has 0 saturated carbocycles. The van der Waals surface area contributed by atoms with Crippen molar-refractivity contribution in [2.45, 2.75) is 16.7 Å². The summed E-state index contributed by atoms with van der Waals surface area (Å²) in [6.07, 6.45) is 1.09. The predicted octanol–water partition coefficient (Wildman–Crippen LogP) is 6.55. The van der Waals surface area contributed by atoms with Gasteiger partial charge >= 0.3 is 0 Å². The maximum absolute atomic E-state index is 6.16. The third-order valence-corrected chi connectivity index (χ3v) is 6.94. The Bertz CT molecular complexity index is 556. The van der Waals surface area contributed by atoms with E-state index in [9.17, 15) is 0 Å². The Labute approximate surface area is 152 Å². The molecule has 21 heavy (non-hydrogen) atoms. The average molecular weight is 449 g/mol. The van der Waals surface area contributed by atoms with E-state index in [-0.39, 0.29) is 5.41 Å². The van der Waals surface area contributed by atoms with E-state index in [0.717, 1.165) is 27.9 Å². The van der Waals surface area contributed by atoms with Crippen LogP contribution in [0, 0.1) is 0 Å². The van der Waals surface area contributed by atoms with Gasteiger partial charge in [-0.3, -0.25) is 0 Å². The summed E-state index contributed by atoms with van der Waals surface area (Å²) in [5, 5.41) is 2.64. The minimum absolute atomic E-state index is 0.0761. The molecule has 0 amide bonds. The van der Waals surface area contributed by atoms with Crippen LogP contribution in [0.1, 0.15) is 12.0 Å². The van der Waals surface area contributed by atoms with E-state index in [1.807, 2.05) is 23.9 Å². The van der Waals surface area contributed by atoms with Crippen molar-refractivity contribution in [3.63, 3.8) is 0 Å². The fourth-order valence-corrected chi connectivity index (χ4v) is 5.57. The van der Waals surface area contributed by atoms with Crippen molar-refractivity contribution in [3.8, 4) is 0 Å². The Morgan fingerprint density at radius 3 is 2.29 bits per heavy atom. The Balaban J connectivity index is 2.08. The second-order valence-electron chi connectivity index (χ2n) is 4.97. The number of hydrogen-bond acceptors (Lipinski definition) is 1. The van der Waals surface area contributed by atoms with Crippen molar-refractivity contribution in [1.29, 1.82) is 0 Å². The van der Waals surface area contributed by atoms with Crippen molar-refractivity contribution in [2.24, 2.45) is 0 Å². The summed E-state index contributed by atoms with van der Waals surface area (Å²) in [7, 11) is 0. The zero-order valence-electron chi connectivity index (χ0n) is 11.6. The monoisotopic (exact) mass is 446 g/mol. The summed E-state index contributed by atoms with van der Waals surface area (Å²) in [6.45, 7) is 0. The summed E-state index contributed by atoms with van der Waals surface area (Å²) in [4.78, 5) is 1.32. The highest BCUT2D eigenvalue weighted by Gasteiger charge is 2.29. The highest BCUT2D eigenvalue weighted by Crippen LogP contribution is 2.35. The van der Waals surface area contributed by atoms with Crippen LogP contribution in [0.4, 0.5) is 0 Å². The molecule has 2 rings (SSSR count). The molecule has 2 aromatic carbocycles. The Morgan fingerprint density at radius 1 is 0.952 bits per heavy atom. The first-order valence-electron chi connectivity index (χ1n) is 6.76. The van der Waals surface area contributed by atoms with Crippen LogP contribution in [-0.4, -0.2) is 16.4 Å². The highest BCUT2D eigenvalue weighted by molar-refractivity contribution is 9.09. The molecule has 0 fully saturated rings. The molecule has 0 atom stereocenters. The molecule has 0 N–H and O–H groups in total. The number of thioether (sulfide) groups is 1. The molecule has 0 aromatic heterocycles. The molecule has 0 radical (unpaired) electrons. The van der Waals surface area contributed by atoms with Gasteiger partial charge in [0, 0.05) is 26.0 Å². The highest BCUT2D eigenvalue weighted by atomic mass is 79.9. The van der Waals surface area contributed by atoms with Crippen LogP contribution < -0.4 is 0 Å². The fourth-order valence-electron chi connectivity index (χ4n) is 2.17. The van der Waals surface area contributed by atoms with Crippen molar-refractivity contribution in [3.05, 3.63) is 65.2 Å². The summed E-state index contributed by atoms with van der Waals surface area (Å²) in [5.41, 5.74) is 1.37. The van der Waals surface area contributed by atoms with E-state index in [1.54, 1.807) is 0 Å². The first-order valence-corrected chi connectivity index (χ1v) is 10.4. The van der Waals surface area contributed by atoms with E-state index in [2.05, 4.69) is 74.3 Å². The maximum atomic E-state index is 6.16. The zero-order chi connectivity index (χ0) is 15.1. The predicted molar refractivity (Wildman–Crippen MR) is 103 cm³/mol. The number of halogens is 3. The number of alkyl halides is 2. The van der Waals surface area contributed by atoms with Crippen molar-refractivity contribution in [2.75, 3.05) is 16.4 Å². The van der Waals surface area contributed by atoms with Gasteiger partial charge in [0.05, 0.1) is 0 Å². The molecular weight excluding hydrogens is 432 g/mol. The first kappa shape index (κ1) is 17.4. The lowest BCUT2D eigenvalue weighted by Crippen LogP contribution is -2.31. The number of rotatable bonds is 7. The third kappa shape index (κ3) is 4.75. The summed E-state index contributed by atoms with van der Waals surface area (Å²) in [6, 6.07) is 18.8. The summed E-state index contributed by atoms with van der Waals surface area (Å²) >= 11 is 15.5. The van der Waals surface area contributed by atoms with E-state index in [1.165, 1.54) is 10.5 Å². The van der Waals surface area contributed by atoms with E-state index >= 15 is 0 Å². The van der Waals surface area contributed by atoms with Crippen LogP contribution in [0.25, 0.3) is 0 Å². The Hall–Kier alpha value is 0.0400. The van der Waals surface area contributed by atoms with E-state index in [0.29, 0.717) is 0 Å². The van der Waals surface area contributed by atoms with Gasteiger partial charge < -0.3 is 0 Å². The molecule has 0 aliphatic rings. The van der Waals surface area contributed by atoms with Gasteiger partial charge in [-0.1, -0.05) is 73.8 Å². The molecule has 112 valence electrons. The normalized spacial score (nSPS) is 11.6. The van der Waals surface area contributed by atoms with Gasteiger partial charge in [0.15, 0.2) is 0 Å². The Kier molecular flexibility index (Phi) is 7.14. The van der Waals surface area contributed by atoms with Gasteiger partial charge in [0.1, 0.15) is 0 Å². The van der Waals surface area contributed by atoms with E-state index < -0.39 is 0 Å². The lowest BCUT2D eigenvalue weighted by molar-refractivity contribution is 0.539. The fraction of sp³-hybridized carbons (Fsp3) is 0.294. The molecule has 0 unspecified atom stereocenters. The van der Waals surface area contributed by atoms with Crippen LogP contribution in [0.3, 0.4) is 0 Å². The molecule has 0 heterocycles. The zero-order valence-corrected chi connectivity index (χ0v) is 16.3. The van der Waals surface area contributed by atoms with Crippen LogP contribution in [0.15, 0.2) is 59.5 Å². The standard InChI is InChI=1S/C17H17Br2ClS/c18-12-17(13-19,14-5-4-6-15(20)11-14)9-10-21-16-7-2-1-3-8-16/h1-8,11H,9-10,12-13H2. The van der Waals surface area contributed by atoms with Gasteiger partial charge in [0.2, 0.25) is 0 Å². The molecule has 0 bridgehead atoms. The minimum atomic E-state index is 0.0761. The van der Waals surface area contributed by atoms with Gasteiger partial charge in [-0.15, -0.1) is 11.8 Å².